The minimum Gasteiger partial charge on any atom is -0.354 e. The normalized spacial score (nSPS) is 23.7. The smallest absolute Gasteiger partial charge is 0.233 e. The molecule has 1 aliphatic heterocycles. The number of hydrogen-bond donors (Lipinski definition) is 1. The molecular formula is C21H28N2O3. The van der Waals surface area contributed by atoms with Gasteiger partial charge in [0, 0.05) is 19.0 Å². The van der Waals surface area contributed by atoms with Crippen molar-refractivity contribution in [3.05, 3.63) is 35.9 Å². The molecule has 1 saturated carbocycles. The van der Waals surface area contributed by atoms with Crippen LogP contribution in [0.2, 0.25) is 0 Å². The third-order valence-electron chi connectivity index (χ3n) is 5.61. The van der Waals surface area contributed by atoms with Crippen LogP contribution in [0.15, 0.2) is 30.3 Å². The molecule has 1 heterocycles. The highest BCUT2D eigenvalue weighted by molar-refractivity contribution is 6.05. The first kappa shape index (κ1) is 18.6. The summed E-state index contributed by atoms with van der Waals surface area (Å²) in [5, 5.41) is 2.98. The number of aryl methyl sites for hydroxylation is 1. The number of carbonyl (C=O) groups excluding carboxylic acids is 3. The van der Waals surface area contributed by atoms with Crippen molar-refractivity contribution in [3.63, 3.8) is 0 Å². The van der Waals surface area contributed by atoms with Crippen molar-refractivity contribution < 1.29 is 14.4 Å². The standard InChI is InChI=1S/C21H28N2O3/c1-15(11-12-16-7-3-2-4-8-16)22-19(24)13-14-23-20(25)17-9-5-6-10-18(17)21(23)26/h2-4,7-8,15,17-18H,5-6,9-14H2,1H3,(H,22,24)/t15-,17-,18+/m0/s1. The van der Waals surface area contributed by atoms with Crippen LogP contribution in [-0.2, 0) is 20.8 Å². The second-order valence-electron chi connectivity index (χ2n) is 7.57. The topological polar surface area (TPSA) is 66.5 Å². The fourth-order valence-corrected chi connectivity index (χ4v) is 4.11. The van der Waals surface area contributed by atoms with E-state index in [9.17, 15) is 14.4 Å². The SMILES string of the molecule is C[C@@H](CCc1ccccc1)NC(=O)CCN1C(=O)[C@H]2CCCC[C@H]2C1=O. The molecule has 1 aliphatic carbocycles. The van der Waals surface area contributed by atoms with Gasteiger partial charge in [0.15, 0.2) is 0 Å². The number of imide groups is 1. The van der Waals surface area contributed by atoms with Gasteiger partial charge >= 0.3 is 0 Å². The number of fused-ring (bicyclic) bond motifs is 1. The Labute approximate surface area is 155 Å². The van der Waals surface area contributed by atoms with E-state index in [2.05, 4.69) is 17.4 Å². The number of likely N-dealkylation sites (tertiary alicyclic amines) is 1. The molecule has 3 atom stereocenters. The van der Waals surface area contributed by atoms with Gasteiger partial charge in [-0.05, 0) is 38.2 Å². The number of rotatable bonds is 7. The van der Waals surface area contributed by atoms with E-state index in [4.69, 9.17) is 0 Å². The van der Waals surface area contributed by atoms with Gasteiger partial charge in [0.05, 0.1) is 11.8 Å². The summed E-state index contributed by atoms with van der Waals surface area (Å²) in [7, 11) is 0. The molecule has 0 aromatic heterocycles. The first-order chi connectivity index (χ1) is 12.6. The van der Waals surface area contributed by atoms with Crippen LogP contribution >= 0.6 is 0 Å². The lowest BCUT2D eigenvalue weighted by atomic mass is 9.81. The zero-order valence-corrected chi connectivity index (χ0v) is 15.4. The molecule has 0 unspecified atom stereocenters. The Morgan fingerprint density at radius 1 is 1.12 bits per heavy atom. The summed E-state index contributed by atoms with van der Waals surface area (Å²) < 4.78 is 0. The van der Waals surface area contributed by atoms with Crippen LogP contribution in [-0.4, -0.2) is 35.2 Å². The van der Waals surface area contributed by atoms with Gasteiger partial charge in [0.2, 0.25) is 17.7 Å². The second-order valence-corrected chi connectivity index (χ2v) is 7.57. The lowest BCUT2D eigenvalue weighted by Gasteiger charge is -2.19. The summed E-state index contributed by atoms with van der Waals surface area (Å²) in [6.45, 7) is 2.20. The van der Waals surface area contributed by atoms with Crippen molar-refractivity contribution >= 4 is 17.7 Å². The third-order valence-corrected chi connectivity index (χ3v) is 5.61. The van der Waals surface area contributed by atoms with Crippen molar-refractivity contribution in [2.75, 3.05) is 6.54 Å². The van der Waals surface area contributed by atoms with Gasteiger partial charge in [0.1, 0.15) is 0 Å². The summed E-state index contributed by atoms with van der Waals surface area (Å²) in [5.41, 5.74) is 1.25. The number of benzene rings is 1. The predicted molar refractivity (Wildman–Crippen MR) is 99.2 cm³/mol. The first-order valence-corrected chi connectivity index (χ1v) is 9.75. The number of nitrogens with one attached hydrogen (secondary N) is 1. The molecule has 1 N–H and O–H groups in total. The van der Waals surface area contributed by atoms with E-state index in [0.717, 1.165) is 38.5 Å². The molecule has 1 aromatic carbocycles. The Morgan fingerprint density at radius 2 is 1.73 bits per heavy atom. The molecule has 5 nitrogen and oxygen atoms in total. The van der Waals surface area contributed by atoms with E-state index in [1.54, 1.807) is 0 Å². The Morgan fingerprint density at radius 3 is 2.35 bits per heavy atom. The maximum absolute atomic E-state index is 12.4. The Kier molecular flexibility index (Phi) is 6.07. The highest BCUT2D eigenvalue weighted by atomic mass is 16.2. The Bertz CT molecular complexity index is 634. The first-order valence-electron chi connectivity index (χ1n) is 9.75. The van der Waals surface area contributed by atoms with Crippen LogP contribution in [0.5, 0.6) is 0 Å². The fraction of sp³-hybridized carbons (Fsp3) is 0.571. The Balaban J connectivity index is 1.42. The quantitative estimate of drug-likeness (QED) is 0.764. The molecule has 1 aromatic rings. The van der Waals surface area contributed by atoms with Gasteiger partial charge in [-0.15, -0.1) is 0 Å². The average molecular weight is 356 g/mol. The van der Waals surface area contributed by atoms with E-state index in [0.29, 0.717) is 0 Å². The summed E-state index contributed by atoms with van der Waals surface area (Å²) in [6, 6.07) is 10.2. The van der Waals surface area contributed by atoms with E-state index in [-0.39, 0.29) is 48.6 Å². The summed E-state index contributed by atoms with van der Waals surface area (Å²) in [6.07, 6.45) is 5.63. The van der Waals surface area contributed by atoms with E-state index >= 15 is 0 Å². The molecule has 3 rings (SSSR count). The molecule has 2 fully saturated rings. The van der Waals surface area contributed by atoms with Crippen LogP contribution in [0.1, 0.15) is 51.0 Å². The molecule has 140 valence electrons. The van der Waals surface area contributed by atoms with E-state index in [1.807, 2.05) is 25.1 Å². The maximum Gasteiger partial charge on any atom is 0.233 e. The number of nitrogens with zero attached hydrogens (tertiary/aromatic N) is 1. The van der Waals surface area contributed by atoms with Crippen molar-refractivity contribution in [1.29, 1.82) is 0 Å². The minimum absolute atomic E-state index is 0.0651. The Hall–Kier alpha value is -2.17. The van der Waals surface area contributed by atoms with Crippen molar-refractivity contribution in [3.8, 4) is 0 Å². The van der Waals surface area contributed by atoms with Crippen LogP contribution in [0, 0.1) is 11.8 Å². The predicted octanol–water partition coefficient (Wildman–Crippen LogP) is 2.69. The third kappa shape index (κ3) is 4.32. The van der Waals surface area contributed by atoms with Gasteiger partial charge < -0.3 is 5.32 Å². The highest BCUT2D eigenvalue weighted by Gasteiger charge is 2.47. The molecule has 1 saturated heterocycles. The van der Waals surface area contributed by atoms with Crippen molar-refractivity contribution in [2.24, 2.45) is 11.8 Å². The molecule has 0 spiro atoms. The van der Waals surface area contributed by atoms with E-state index < -0.39 is 0 Å². The molecule has 26 heavy (non-hydrogen) atoms. The van der Waals surface area contributed by atoms with Crippen molar-refractivity contribution in [2.45, 2.75) is 57.9 Å². The second kappa shape index (κ2) is 8.47. The summed E-state index contributed by atoms with van der Waals surface area (Å²) in [4.78, 5) is 38.4. The fourth-order valence-electron chi connectivity index (χ4n) is 4.11. The van der Waals surface area contributed by atoms with Gasteiger partial charge in [0.25, 0.3) is 0 Å². The zero-order valence-electron chi connectivity index (χ0n) is 15.4. The minimum atomic E-state index is -0.135. The van der Waals surface area contributed by atoms with Gasteiger partial charge in [-0.2, -0.15) is 0 Å². The van der Waals surface area contributed by atoms with Crippen molar-refractivity contribution in [1.82, 2.24) is 10.2 Å². The largest absolute Gasteiger partial charge is 0.354 e. The summed E-state index contributed by atoms with van der Waals surface area (Å²) >= 11 is 0. The van der Waals surface area contributed by atoms with Crippen LogP contribution < -0.4 is 5.32 Å². The number of carbonyl (C=O) groups is 3. The molecular weight excluding hydrogens is 328 g/mol. The molecule has 3 amide bonds. The monoisotopic (exact) mass is 356 g/mol. The van der Waals surface area contributed by atoms with E-state index in [1.165, 1.54) is 10.5 Å². The van der Waals surface area contributed by atoms with Gasteiger partial charge in [-0.25, -0.2) is 0 Å². The highest BCUT2D eigenvalue weighted by Crippen LogP contribution is 2.37. The van der Waals surface area contributed by atoms with Crippen LogP contribution in [0.3, 0.4) is 0 Å². The van der Waals surface area contributed by atoms with Crippen LogP contribution in [0.4, 0.5) is 0 Å². The molecule has 0 bridgehead atoms. The van der Waals surface area contributed by atoms with Gasteiger partial charge in [-0.1, -0.05) is 43.2 Å². The number of amides is 3. The van der Waals surface area contributed by atoms with Crippen LogP contribution in [0.25, 0.3) is 0 Å². The average Bonchev–Trinajstić information content (AvgIpc) is 2.90. The zero-order chi connectivity index (χ0) is 18.5. The lowest BCUT2D eigenvalue weighted by Crippen LogP contribution is -2.38. The molecule has 5 heteroatoms. The molecule has 0 radical (unpaired) electrons. The van der Waals surface area contributed by atoms with Gasteiger partial charge in [-0.3, -0.25) is 19.3 Å². The molecule has 2 aliphatic rings. The number of hydrogen-bond acceptors (Lipinski definition) is 3. The lowest BCUT2D eigenvalue weighted by molar-refractivity contribution is -0.140. The summed E-state index contributed by atoms with van der Waals surface area (Å²) in [5.74, 6) is -0.497. The maximum atomic E-state index is 12.4.